The number of ether oxygens (including phenoxy) is 1. The summed E-state index contributed by atoms with van der Waals surface area (Å²) in [5.74, 6) is -0.829. The fourth-order valence-electron chi connectivity index (χ4n) is 1.01. The van der Waals surface area contributed by atoms with Crippen molar-refractivity contribution in [3.63, 3.8) is 0 Å². The molecule has 5 nitrogen and oxygen atoms in total. The van der Waals surface area contributed by atoms with Gasteiger partial charge in [0.25, 0.3) is 0 Å². The van der Waals surface area contributed by atoms with E-state index < -0.39 is 18.1 Å². The number of aliphatic carboxylic acids is 1. The van der Waals surface area contributed by atoms with Crippen LogP contribution in [0.4, 0.5) is 4.79 Å². The van der Waals surface area contributed by atoms with Crippen LogP contribution in [0.15, 0.2) is 0 Å². The van der Waals surface area contributed by atoms with Crippen molar-refractivity contribution in [1.29, 1.82) is 0 Å². The maximum Gasteiger partial charge on any atom is 0.407 e. The zero-order valence-corrected chi connectivity index (χ0v) is 8.74. The SMILES string of the molecule is CCOC(=O)N[C@H](CC(C)C)C(=O)O. The van der Waals surface area contributed by atoms with Gasteiger partial charge in [0.2, 0.25) is 0 Å². The van der Waals surface area contributed by atoms with E-state index in [1.807, 2.05) is 13.8 Å². The number of nitrogens with one attached hydrogen (secondary N) is 1. The molecule has 0 heterocycles. The molecule has 0 aliphatic carbocycles. The Balaban J connectivity index is 4.09. The predicted molar refractivity (Wildman–Crippen MR) is 51.0 cm³/mol. The highest BCUT2D eigenvalue weighted by Crippen LogP contribution is 2.04. The molecule has 0 aliphatic heterocycles. The lowest BCUT2D eigenvalue weighted by atomic mass is 10.0. The van der Waals surface area contributed by atoms with E-state index in [0.29, 0.717) is 6.42 Å². The number of carboxylic acids is 1. The number of hydrogen-bond acceptors (Lipinski definition) is 3. The van der Waals surface area contributed by atoms with Crippen molar-refractivity contribution in [2.45, 2.75) is 33.2 Å². The summed E-state index contributed by atoms with van der Waals surface area (Å²) in [6, 6.07) is -0.867. The van der Waals surface area contributed by atoms with Crippen molar-refractivity contribution in [2.24, 2.45) is 5.92 Å². The van der Waals surface area contributed by atoms with Crippen molar-refractivity contribution in [3.8, 4) is 0 Å². The summed E-state index contributed by atoms with van der Waals surface area (Å²) in [5, 5.41) is 11.1. The smallest absolute Gasteiger partial charge is 0.407 e. The maximum absolute atomic E-state index is 10.9. The van der Waals surface area contributed by atoms with Gasteiger partial charge < -0.3 is 15.2 Å². The molecule has 0 radical (unpaired) electrons. The van der Waals surface area contributed by atoms with Crippen molar-refractivity contribution in [1.82, 2.24) is 5.32 Å². The van der Waals surface area contributed by atoms with Crippen LogP contribution in [0, 0.1) is 5.92 Å². The number of carbonyl (C=O) groups excluding carboxylic acids is 1. The lowest BCUT2D eigenvalue weighted by molar-refractivity contribution is -0.139. The van der Waals surface area contributed by atoms with E-state index in [9.17, 15) is 9.59 Å². The summed E-state index contributed by atoms with van der Waals surface area (Å²) in [4.78, 5) is 21.6. The third kappa shape index (κ3) is 5.40. The van der Waals surface area contributed by atoms with E-state index in [1.54, 1.807) is 6.92 Å². The van der Waals surface area contributed by atoms with Gasteiger partial charge in [-0.05, 0) is 19.3 Å². The molecule has 0 spiro atoms. The van der Waals surface area contributed by atoms with E-state index in [0.717, 1.165) is 0 Å². The maximum atomic E-state index is 10.9. The van der Waals surface area contributed by atoms with E-state index in [4.69, 9.17) is 5.11 Å². The second kappa shape index (κ2) is 6.23. The van der Waals surface area contributed by atoms with Crippen molar-refractivity contribution in [3.05, 3.63) is 0 Å². The molecule has 0 unspecified atom stereocenters. The predicted octanol–water partition coefficient (Wildman–Crippen LogP) is 1.23. The number of alkyl carbamates (subject to hydrolysis) is 1. The van der Waals surface area contributed by atoms with Crippen LogP contribution in [-0.2, 0) is 9.53 Å². The Kier molecular flexibility index (Phi) is 5.67. The number of hydrogen-bond donors (Lipinski definition) is 2. The molecule has 1 atom stereocenters. The van der Waals surface area contributed by atoms with Crippen molar-refractivity contribution < 1.29 is 19.4 Å². The van der Waals surface area contributed by atoms with Crippen LogP contribution >= 0.6 is 0 Å². The van der Waals surface area contributed by atoms with Crippen LogP contribution in [-0.4, -0.2) is 29.8 Å². The van der Waals surface area contributed by atoms with Crippen LogP contribution in [0.25, 0.3) is 0 Å². The Morgan fingerprint density at radius 1 is 1.43 bits per heavy atom. The Morgan fingerprint density at radius 2 is 2.00 bits per heavy atom. The Labute approximate surface area is 83.4 Å². The standard InChI is InChI=1S/C9H17NO4/c1-4-14-9(13)10-7(8(11)12)5-6(2)3/h6-7H,4-5H2,1-3H3,(H,10,13)(H,11,12)/t7-/m1/s1. The fourth-order valence-corrected chi connectivity index (χ4v) is 1.01. The summed E-state index contributed by atoms with van der Waals surface area (Å²) in [7, 11) is 0. The minimum atomic E-state index is -1.04. The average Bonchev–Trinajstić information content (AvgIpc) is 2.02. The third-order valence-corrected chi connectivity index (χ3v) is 1.57. The summed E-state index contributed by atoms with van der Waals surface area (Å²) in [6.07, 6.45) is -0.283. The van der Waals surface area contributed by atoms with Gasteiger partial charge in [0.1, 0.15) is 6.04 Å². The quantitative estimate of drug-likeness (QED) is 0.704. The molecule has 0 aromatic heterocycles. The van der Waals surface area contributed by atoms with Crippen molar-refractivity contribution >= 4 is 12.1 Å². The van der Waals surface area contributed by atoms with Crippen LogP contribution in [0.5, 0.6) is 0 Å². The molecule has 0 aromatic rings. The molecule has 0 saturated carbocycles. The van der Waals surface area contributed by atoms with Gasteiger partial charge in [-0.1, -0.05) is 13.8 Å². The fraction of sp³-hybridized carbons (Fsp3) is 0.778. The van der Waals surface area contributed by atoms with E-state index in [1.165, 1.54) is 0 Å². The first-order valence-electron chi connectivity index (χ1n) is 4.63. The molecule has 14 heavy (non-hydrogen) atoms. The zero-order chi connectivity index (χ0) is 11.1. The highest BCUT2D eigenvalue weighted by Gasteiger charge is 2.21. The second-order valence-electron chi connectivity index (χ2n) is 3.39. The Hall–Kier alpha value is -1.26. The van der Waals surface area contributed by atoms with E-state index in [2.05, 4.69) is 10.1 Å². The molecule has 0 aliphatic rings. The summed E-state index contributed by atoms with van der Waals surface area (Å²) < 4.78 is 4.59. The van der Waals surface area contributed by atoms with Crippen LogP contribution in [0.2, 0.25) is 0 Å². The van der Waals surface area contributed by atoms with Crippen molar-refractivity contribution in [2.75, 3.05) is 6.61 Å². The Bertz CT molecular complexity index is 203. The molecule has 0 bridgehead atoms. The summed E-state index contributed by atoms with van der Waals surface area (Å²) in [5.41, 5.74) is 0. The lowest BCUT2D eigenvalue weighted by Crippen LogP contribution is -2.41. The lowest BCUT2D eigenvalue weighted by Gasteiger charge is -2.15. The second-order valence-corrected chi connectivity index (χ2v) is 3.39. The largest absolute Gasteiger partial charge is 0.480 e. The first kappa shape index (κ1) is 12.7. The van der Waals surface area contributed by atoms with E-state index >= 15 is 0 Å². The molecule has 1 amide bonds. The molecule has 0 fully saturated rings. The zero-order valence-electron chi connectivity index (χ0n) is 8.74. The molecular formula is C9H17NO4. The highest BCUT2D eigenvalue weighted by atomic mass is 16.5. The first-order valence-corrected chi connectivity index (χ1v) is 4.63. The number of amides is 1. The van der Waals surface area contributed by atoms with Gasteiger partial charge in [-0.25, -0.2) is 9.59 Å². The third-order valence-electron chi connectivity index (χ3n) is 1.57. The molecule has 0 aromatic carbocycles. The van der Waals surface area contributed by atoms with Gasteiger partial charge in [0, 0.05) is 0 Å². The minimum Gasteiger partial charge on any atom is -0.480 e. The van der Waals surface area contributed by atoms with Gasteiger partial charge in [0.05, 0.1) is 6.61 Å². The molecule has 2 N–H and O–H groups in total. The van der Waals surface area contributed by atoms with Gasteiger partial charge in [-0.15, -0.1) is 0 Å². The minimum absolute atomic E-state index is 0.207. The van der Waals surface area contributed by atoms with Gasteiger partial charge in [0.15, 0.2) is 0 Å². The van der Waals surface area contributed by atoms with Gasteiger partial charge >= 0.3 is 12.1 Å². The first-order chi connectivity index (χ1) is 6.47. The van der Waals surface area contributed by atoms with E-state index in [-0.39, 0.29) is 12.5 Å². The number of carbonyl (C=O) groups is 2. The summed E-state index contributed by atoms with van der Waals surface area (Å²) >= 11 is 0. The van der Waals surface area contributed by atoms with Crippen LogP contribution < -0.4 is 5.32 Å². The molecule has 5 heteroatoms. The molecule has 0 saturated heterocycles. The Morgan fingerprint density at radius 3 is 2.36 bits per heavy atom. The normalized spacial score (nSPS) is 12.3. The number of rotatable bonds is 5. The molecule has 82 valence electrons. The van der Waals surface area contributed by atoms with Crippen LogP contribution in [0.1, 0.15) is 27.2 Å². The molecule has 0 rings (SSSR count). The monoisotopic (exact) mass is 203 g/mol. The van der Waals surface area contributed by atoms with Crippen LogP contribution in [0.3, 0.4) is 0 Å². The highest BCUT2D eigenvalue weighted by molar-refractivity contribution is 5.79. The van der Waals surface area contributed by atoms with Gasteiger partial charge in [-0.2, -0.15) is 0 Å². The number of carboxylic acid groups (broad SMARTS) is 1. The molecular weight excluding hydrogens is 186 g/mol. The summed E-state index contributed by atoms with van der Waals surface area (Å²) in [6.45, 7) is 5.68. The van der Waals surface area contributed by atoms with Gasteiger partial charge in [-0.3, -0.25) is 0 Å². The average molecular weight is 203 g/mol. The topological polar surface area (TPSA) is 75.6 Å².